The number of hydrogen-bond donors (Lipinski definition) is 3. The lowest BCUT2D eigenvalue weighted by Gasteiger charge is -2.12. The van der Waals surface area contributed by atoms with Gasteiger partial charge >= 0.3 is 0 Å². The zero-order chi connectivity index (χ0) is 20.9. The number of aromatic amines is 1. The average Bonchev–Trinajstić information content (AvgIpc) is 3.13. The maximum absolute atomic E-state index is 5.66. The van der Waals surface area contributed by atoms with Gasteiger partial charge in [-0.15, -0.1) is 24.0 Å². The third kappa shape index (κ3) is 8.81. The molecule has 30 heavy (non-hydrogen) atoms. The monoisotopic (exact) mass is 529 g/mol. The third-order valence-electron chi connectivity index (χ3n) is 4.62. The number of rotatable bonds is 12. The molecule has 8 heteroatoms. The Labute approximate surface area is 197 Å². The number of benzene rings is 1. The van der Waals surface area contributed by atoms with E-state index in [-0.39, 0.29) is 24.0 Å². The lowest BCUT2D eigenvalue weighted by molar-refractivity contribution is 0.310. The van der Waals surface area contributed by atoms with Crippen LogP contribution in [0.25, 0.3) is 0 Å². The van der Waals surface area contributed by atoms with Gasteiger partial charge in [0.05, 0.1) is 19.9 Å². The van der Waals surface area contributed by atoms with Gasteiger partial charge in [-0.2, -0.15) is 5.10 Å². The lowest BCUT2D eigenvalue weighted by Crippen LogP contribution is -2.38. The highest BCUT2D eigenvalue weighted by atomic mass is 127. The Morgan fingerprint density at radius 1 is 1.13 bits per heavy atom. The van der Waals surface area contributed by atoms with Gasteiger partial charge in [0.25, 0.3) is 0 Å². The van der Waals surface area contributed by atoms with E-state index in [4.69, 9.17) is 14.5 Å². The molecule has 1 aromatic heterocycles. The second-order valence-electron chi connectivity index (χ2n) is 6.83. The Kier molecular flexibility index (Phi) is 13.0. The fraction of sp³-hybridized carbons (Fsp3) is 0.545. The number of methoxy groups -OCH3 is 1. The molecule has 0 saturated carbocycles. The largest absolute Gasteiger partial charge is 0.493 e. The number of aliphatic imine (C=N–C) groups is 1. The molecule has 0 amide bonds. The summed E-state index contributed by atoms with van der Waals surface area (Å²) in [5, 5.41) is 13.8. The summed E-state index contributed by atoms with van der Waals surface area (Å²) in [4.78, 5) is 4.69. The van der Waals surface area contributed by atoms with E-state index in [0.717, 1.165) is 68.5 Å². The van der Waals surface area contributed by atoms with E-state index in [9.17, 15) is 0 Å². The predicted octanol–water partition coefficient (Wildman–Crippen LogP) is 3.86. The van der Waals surface area contributed by atoms with Crippen molar-refractivity contribution in [1.29, 1.82) is 0 Å². The van der Waals surface area contributed by atoms with Crippen LogP contribution < -0.4 is 20.1 Å². The molecular formula is C22H36IN5O2. The predicted molar refractivity (Wildman–Crippen MR) is 134 cm³/mol. The summed E-state index contributed by atoms with van der Waals surface area (Å²) in [5.41, 5.74) is 3.66. The molecule has 2 aromatic rings. The first kappa shape index (κ1) is 26.1. The van der Waals surface area contributed by atoms with Crippen LogP contribution in [-0.2, 0) is 12.8 Å². The summed E-state index contributed by atoms with van der Waals surface area (Å²) < 4.78 is 11.0. The fourth-order valence-corrected chi connectivity index (χ4v) is 3.07. The van der Waals surface area contributed by atoms with Gasteiger partial charge in [0.15, 0.2) is 17.5 Å². The first-order chi connectivity index (χ1) is 14.2. The molecule has 0 unspecified atom stereocenters. The molecule has 1 heterocycles. The van der Waals surface area contributed by atoms with Crippen LogP contribution in [0, 0.1) is 6.92 Å². The maximum Gasteiger partial charge on any atom is 0.191 e. The topological polar surface area (TPSA) is 83.6 Å². The summed E-state index contributed by atoms with van der Waals surface area (Å²) in [6, 6.07) is 6.12. The molecule has 0 atom stereocenters. The molecule has 0 aliphatic rings. The molecule has 168 valence electrons. The number of H-pyrrole nitrogens is 1. The molecule has 7 nitrogen and oxygen atoms in total. The number of guanidine groups is 1. The van der Waals surface area contributed by atoms with Crippen molar-refractivity contribution in [3.05, 3.63) is 41.2 Å². The summed E-state index contributed by atoms with van der Waals surface area (Å²) in [6.45, 7) is 9.25. The lowest BCUT2D eigenvalue weighted by atomic mass is 10.1. The molecule has 0 aliphatic heterocycles. The Bertz CT molecular complexity index is 764. The normalized spacial score (nSPS) is 11.0. The highest BCUT2D eigenvalue weighted by molar-refractivity contribution is 14.0. The van der Waals surface area contributed by atoms with Crippen molar-refractivity contribution < 1.29 is 9.47 Å². The SMILES string of the molecule is CCNC(=NCCCc1ccc(OC)c(OCC)c1)NCCCc1cn[nH]c1C.I. The van der Waals surface area contributed by atoms with Crippen molar-refractivity contribution in [2.75, 3.05) is 33.4 Å². The first-order valence-electron chi connectivity index (χ1n) is 10.5. The van der Waals surface area contributed by atoms with Crippen LogP contribution in [0.4, 0.5) is 0 Å². The Morgan fingerprint density at radius 2 is 1.97 bits per heavy atom. The Morgan fingerprint density at radius 3 is 2.63 bits per heavy atom. The van der Waals surface area contributed by atoms with Gasteiger partial charge in [-0.05, 0) is 69.7 Å². The quantitative estimate of drug-likeness (QED) is 0.168. The first-order valence-corrected chi connectivity index (χ1v) is 10.5. The van der Waals surface area contributed by atoms with Gasteiger partial charge in [-0.1, -0.05) is 6.07 Å². The molecule has 0 radical (unpaired) electrons. The number of halogens is 1. The van der Waals surface area contributed by atoms with Crippen molar-refractivity contribution in [2.45, 2.75) is 46.5 Å². The second kappa shape index (κ2) is 14.9. The minimum atomic E-state index is 0. The minimum Gasteiger partial charge on any atom is -0.493 e. The molecule has 1 aromatic carbocycles. The van der Waals surface area contributed by atoms with Crippen LogP contribution in [0.2, 0.25) is 0 Å². The summed E-state index contributed by atoms with van der Waals surface area (Å²) in [7, 11) is 1.66. The highest BCUT2D eigenvalue weighted by Crippen LogP contribution is 2.28. The van der Waals surface area contributed by atoms with Gasteiger partial charge in [0.2, 0.25) is 0 Å². The Balaban J connectivity index is 0.00000450. The highest BCUT2D eigenvalue weighted by Gasteiger charge is 2.05. The number of hydrogen-bond acceptors (Lipinski definition) is 4. The number of nitrogens with zero attached hydrogens (tertiary/aromatic N) is 2. The molecule has 0 saturated heterocycles. The van der Waals surface area contributed by atoms with Crippen molar-refractivity contribution in [3.8, 4) is 11.5 Å². The smallest absolute Gasteiger partial charge is 0.191 e. The van der Waals surface area contributed by atoms with Crippen LogP contribution in [0.15, 0.2) is 29.4 Å². The second-order valence-corrected chi connectivity index (χ2v) is 6.83. The molecular weight excluding hydrogens is 493 g/mol. The molecule has 0 spiro atoms. The minimum absolute atomic E-state index is 0. The van der Waals surface area contributed by atoms with Crippen molar-refractivity contribution >= 4 is 29.9 Å². The van der Waals surface area contributed by atoms with Gasteiger partial charge in [-0.25, -0.2) is 0 Å². The molecule has 0 fully saturated rings. The summed E-state index contributed by atoms with van der Waals surface area (Å²) >= 11 is 0. The number of aryl methyl sites for hydroxylation is 3. The van der Waals surface area contributed by atoms with E-state index in [0.29, 0.717) is 6.61 Å². The fourth-order valence-electron chi connectivity index (χ4n) is 3.07. The van der Waals surface area contributed by atoms with Crippen LogP contribution >= 0.6 is 24.0 Å². The van der Waals surface area contributed by atoms with E-state index in [1.165, 1.54) is 11.1 Å². The van der Waals surface area contributed by atoms with Gasteiger partial charge in [0, 0.05) is 25.3 Å². The number of ether oxygens (including phenoxy) is 2. The van der Waals surface area contributed by atoms with Crippen LogP contribution in [0.5, 0.6) is 11.5 Å². The average molecular weight is 529 g/mol. The van der Waals surface area contributed by atoms with Crippen LogP contribution in [0.3, 0.4) is 0 Å². The van der Waals surface area contributed by atoms with Crippen molar-refractivity contribution in [2.24, 2.45) is 4.99 Å². The van der Waals surface area contributed by atoms with Gasteiger partial charge < -0.3 is 20.1 Å². The third-order valence-corrected chi connectivity index (χ3v) is 4.62. The zero-order valence-corrected chi connectivity index (χ0v) is 20.9. The number of aromatic nitrogens is 2. The summed E-state index contributed by atoms with van der Waals surface area (Å²) in [6.07, 6.45) is 5.88. The van der Waals surface area contributed by atoms with E-state index >= 15 is 0 Å². The van der Waals surface area contributed by atoms with Gasteiger partial charge in [0.1, 0.15) is 0 Å². The molecule has 3 N–H and O–H groups in total. The molecule has 0 aliphatic carbocycles. The standard InChI is InChI=1S/C22H35N5O2.HI/c1-5-23-22(25-14-8-10-19-16-26-27-17(19)3)24-13-7-9-18-11-12-20(28-4)21(15-18)29-6-2;/h11-12,15-16H,5-10,13-14H2,1-4H3,(H,26,27)(H2,23,24,25);1H. The van der Waals surface area contributed by atoms with E-state index in [1.807, 2.05) is 19.2 Å². The molecule has 2 rings (SSSR count). The maximum atomic E-state index is 5.66. The van der Waals surface area contributed by atoms with Crippen molar-refractivity contribution in [1.82, 2.24) is 20.8 Å². The summed E-state index contributed by atoms with van der Waals surface area (Å²) in [5.74, 6) is 2.46. The van der Waals surface area contributed by atoms with Crippen molar-refractivity contribution in [3.63, 3.8) is 0 Å². The zero-order valence-electron chi connectivity index (χ0n) is 18.6. The van der Waals surface area contributed by atoms with Gasteiger partial charge in [-0.3, -0.25) is 10.1 Å². The van der Waals surface area contributed by atoms with Crippen LogP contribution in [0.1, 0.15) is 43.5 Å². The van der Waals surface area contributed by atoms with Crippen LogP contribution in [-0.4, -0.2) is 49.5 Å². The Hall–Kier alpha value is -1.97. The molecule has 0 bridgehead atoms. The number of nitrogens with one attached hydrogen (secondary N) is 3. The van der Waals surface area contributed by atoms with E-state index in [1.54, 1.807) is 7.11 Å². The van der Waals surface area contributed by atoms with E-state index < -0.39 is 0 Å². The van der Waals surface area contributed by atoms with E-state index in [2.05, 4.69) is 46.8 Å².